The van der Waals surface area contributed by atoms with E-state index >= 15 is 0 Å². The maximum absolute atomic E-state index is 12.4. The lowest BCUT2D eigenvalue weighted by molar-refractivity contribution is -0.120. The number of ether oxygens (including phenoxy) is 3. The van der Waals surface area contributed by atoms with Crippen molar-refractivity contribution in [3.05, 3.63) is 52.7 Å². The third-order valence-electron chi connectivity index (χ3n) is 4.57. The Hall–Kier alpha value is -2.86. The van der Waals surface area contributed by atoms with Crippen LogP contribution in [0.25, 0.3) is 11.0 Å². The van der Waals surface area contributed by atoms with E-state index in [-0.39, 0.29) is 12.3 Å². The third-order valence-corrected chi connectivity index (χ3v) is 4.85. The van der Waals surface area contributed by atoms with E-state index in [0.29, 0.717) is 47.6 Å². The van der Waals surface area contributed by atoms with Crippen LogP contribution >= 0.6 is 11.6 Å². The molecule has 0 saturated heterocycles. The van der Waals surface area contributed by atoms with Crippen molar-refractivity contribution in [3.8, 4) is 17.2 Å². The zero-order chi connectivity index (χ0) is 19.5. The summed E-state index contributed by atoms with van der Waals surface area (Å²) in [7, 11) is 1.60. The van der Waals surface area contributed by atoms with Crippen LogP contribution in [-0.2, 0) is 17.8 Å². The normalized spacial score (nSPS) is 13.2. The minimum absolute atomic E-state index is 0.109. The second-order valence-electron chi connectivity index (χ2n) is 6.53. The highest BCUT2D eigenvalue weighted by atomic mass is 35.5. The first-order valence-corrected chi connectivity index (χ1v) is 9.40. The fourth-order valence-corrected chi connectivity index (χ4v) is 3.44. The van der Waals surface area contributed by atoms with E-state index in [2.05, 4.69) is 5.32 Å². The molecular formula is C21H20ClNO5. The van der Waals surface area contributed by atoms with Crippen molar-refractivity contribution in [2.75, 3.05) is 20.3 Å². The molecule has 146 valence electrons. The summed E-state index contributed by atoms with van der Waals surface area (Å²) < 4.78 is 22.0. The van der Waals surface area contributed by atoms with Gasteiger partial charge in [-0.25, -0.2) is 0 Å². The van der Waals surface area contributed by atoms with Crippen LogP contribution < -0.4 is 19.5 Å². The van der Waals surface area contributed by atoms with E-state index in [0.717, 1.165) is 22.9 Å². The first-order valence-electron chi connectivity index (χ1n) is 9.03. The van der Waals surface area contributed by atoms with E-state index in [4.69, 9.17) is 30.2 Å². The van der Waals surface area contributed by atoms with Crippen molar-refractivity contribution >= 4 is 28.5 Å². The Morgan fingerprint density at radius 1 is 1.21 bits per heavy atom. The van der Waals surface area contributed by atoms with Crippen LogP contribution in [0.4, 0.5) is 0 Å². The summed E-state index contributed by atoms with van der Waals surface area (Å²) in [6, 6.07) is 9.18. The molecule has 0 saturated carbocycles. The molecule has 0 bridgehead atoms. The van der Waals surface area contributed by atoms with Gasteiger partial charge in [0.2, 0.25) is 5.91 Å². The molecule has 1 amide bonds. The zero-order valence-corrected chi connectivity index (χ0v) is 16.2. The molecule has 6 nitrogen and oxygen atoms in total. The van der Waals surface area contributed by atoms with Gasteiger partial charge in [-0.3, -0.25) is 4.79 Å². The van der Waals surface area contributed by atoms with Crippen LogP contribution in [0.5, 0.6) is 17.2 Å². The van der Waals surface area contributed by atoms with Gasteiger partial charge in [0.25, 0.3) is 0 Å². The molecule has 2 aromatic carbocycles. The zero-order valence-electron chi connectivity index (χ0n) is 15.4. The molecule has 0 radical (unpaired) electrons. The van der Waals surface area contributed by atoms with E-state index in [9.17, 15) is 4.79 Å². The summed E-state index contributed by atoms with van der Waals surface area (Å²) in [6.45, 7) is 1.50. The number of benzene rings is 2. The van der Waals surface area contributed by atoms with Gasteiger partial charge in [0.1, 0.15) is 11.3 Å². The Kier molecular flexibility index (Phi) is 5.30. The van der Waals surface area contributed by atoms with E-state index in [1.807, 2.05) is 18.2 Å². The van der Waals surface area contributed by atoms with E-state index in [1.165, 1.54) is 0 Å². The summed E-state index contributed by atoms with van der Waals surface area (Å²) in [5.74, 6) is 1.78. The topological polar surface area (TPSA) is 69.9 Å². The highest BCUT2D eigenvalue weighted by Gasteiger charge is 2.16. The summed E-state index contributed by atoms with van der Waals surface area (Å²) in [6.07, 6.45) is 2.63. The molecular weight excluding hydrogens is 382 g/mol. The standard InChI is InChI=1S/C21H20ClNO5/c1-25-15-3-4-16-14(12-28-18(16)10-15)9-20(24)23-11-13-7-17(22)21-19(8-13)26-5-2-6-27-21/h3-4,7-8,10,12H,2,5-6,9,11H2,1H3,(H,23,24). The second kappa shape index (κ2) is 8.02. The quantitative estimate of drug-likeness (QED) is 0.696. The first-order chi connectivity index (χ1) is 13.6. The Balaban J connectivity index is 1.42. The molecule has 1 aliphatic rings. The van der Waals surface area contributed by atoms with Crippen LogP contribution in [0.3, 0.4) is 0 Å². The van der Waals surface area contributed by atoms with Crippen molar-refractivity contribution in [2.45, 2.75) is 19.4 Å². The minimum atomic E-state index is -0.109. The fraction of sp³-hybridized carbons (Fsp3) is 0.286. The van der Waals surface area contributed by atoms with Crippen molar-refractivity contribution in [2.24, 2.45) is 0 Å². The molecule has 1 aromatic heterocycles. The molecule has 7 heteroatoms. The Labute approximate surface area is 167 Å². The average molecular weight is 402 g/mol. The van der Waals surface area contributed by atoms with Crippen LogP contribution in [0.2, 0.25) is 5.02 Å². The molecule has 0 atom stereocenters. The lowest BCUT2D eigenvalue weighted by Crippen LogP contribution is -2.24. The first kappa shape index (κ1) is 18.5. The maximum atomic E-state index is 12.4. The largest absolute Gasteiger partial charge is 0.497 e. The number of hydrogen-bond donors (Lipinski definition) is 1. The summed E-state index contributed by atoms with van der Waals surface area (Å²) in [5, 5.41) is 4.30. The molecule has 1 N–H and O–H groups in total. The van der Waals surface area contributed by atoms with Gasteiger partial charge in [-0.2, -0.15) is 0 Å². The number of hydrogen-bond acceptors (Lipinski definition) is 5. The summed E-state index contributed by atoms with van der Waals surface area (Å²) in [5.41, 5.74) is 2.37. The molecule has 28 heavy (non-hydrogen) atoms. The second-order valence-corrected chi connectivity index (χ2v) is 6.94. The third kappa shape index (κ3) is 3.87. The number of furan rings is 1. The van der Waals surface area contributed by atoms with Crippen molar-refractivity contribution < 1.29 is 23.4 Å². The Bertz CT molecular complexity index is 1010. The molecule has 1 aliphatic heterocycles. The predicted octanol–water partition coefficient (Wildman–Crippen LogP) is 4.12. The smallest absolute Gasteiger partial charge is 0.224 e. The lowest BCUT2D eigenvalue weighted by Gasteiger charge is -2.12. The molecule has 4 rings (SSSR count). The fourth-order valence-electron chi connectivity index (χ4n) is 3.15. The predicted molar refractivity (Wildman–Crippen MR) is 105 cm³/mol. The van der Waals surface area contributed by atoms with Gasteiger partial charge in [-0.1, -0.05) is 11.6 Å². The van der Waals surface area contributed by atoms with Gasteiger partial charge in [0, 0.05) is 30.0 Å². The average Bonchev–Trinajstić information content (AvgIpc) is 2.93. The number of carbonyl (C=O) groups is 1. The highest BCUT2D eigenvalue weighted by Crippen LogP contribution is 2.38. The lowest BCUT2D eigenvalue weighted by atomic mass is 10.1. The van der Waals surface area contributed by atoms with Gasteiger partial charge in [0.15, 0.2) is 11.5 Å². The van der Waals surface area contributed by atoms with Gasteiger partial charge in [0.05, 0.1) is 38.0 Å². The van der Waals surface area contributed by atoms with E-state index in [1.54, 1.807) is 25.5 Å². The molecule has 0 unspecified atom stereocenters. The number of nitrogens with one attached hydrogen (secondary N) is 1. The Morgan fingerprint density at radius 2 is 2.07 bits per heavy atom. The molecule has 0 aliphatic carbocycles. The molecule has 3 aromatic rings. The van der Waals surface area contributed by atoms with Crippen LogP contribution in [0.1, 0.15) is 17.5 Å². The monoisotopic (exact) mass is 401 g/mol. The highest BCUT2D eigenvalue weighted by molar-refractivity contribution is 6.32. The van der Waals surface area contributed by atoms with Crippen molar-refractivity contribution in [1.82, 2.24) is 5.32 Å². The SMILES string of the molecule is COc1ccc2c(CC(=O)NCc3cc(Cl)c4c(c3)OCCCO4)coc2c1. The number of rotatable bonds is 5. The van der Waals surface area contributed by atoms with Crippen LogP contribution in [0, 0.1) is 0 Å². The number of fused-ring (bicyclic) bond motifs is 2. The van der Waals surface area contributed by atoms with Crippen LogP contribution in [-0.4, -0.2) is 26.2 Å². The number of halogens is 1. The summed E-state index contributed by atoms with van der Waals surface area (Å²) in [4.78, 5) is 12.4. The number of carbonyl (C=O) groups excluding carboxylic acids is 1. The molecule has 0 fully saturated rings. The van der Waals surface area contributed by atoms with Gasteiger partial charge < -0.3 is 23.9 Å². The summed E-state index contributed by atoms with van der Waals surface area (Å²) >= 11 is 6.30. The molecule has 0 spiro atoms. The van der Waals surface area contributed by atoms with Crippen LogP contribution in [0.15, 0.2) is 41.0 Å². The van der Waals surface area contributed by atoms with Gasteiger partial charge in [-0.05, 0) is 29.8 Å². The number of amides is 1. The van der Waals surface area contributed by atoms with E-state index < -0.39 is 0 Å². The Morgan fingerprint density at radius 3 is 2.93 bits per heavy atom. The van der Waals surface area contributed by atoms with Gasteiger partial charge >= 0.3 is 0 Å². The van der Waals surface area contributed by atoms with Crippen molar-refractivity contribution in [1.29, 1.82) is 0 Å². The van der Waals surface area contributed by atoms with Gasteiger partial charge in [-0.15, -0.1) is 0 Å². The number of methoxy groups -OCH3 is 1. The molecule has 2 heterocycles. The maximum Gasteiger partial charge on any atom is 0.224 e. The minimum Gasteiger partial charge on any atom is -0.497 e. The van der Waals surface area contributed by atoms with Crippen molar-refractivity contribution in [3.63, 3.8) is 0 Å².